The van der Waals surface area contributed by atoms with Gasteiger partial charge in [-0.1, -0.05) is 17.8 Å². The number of rotatable bonds is 4. The summed E-state index contributed by atoms with van der Waals surface area (Å²) in [6.45, 7) is 1.35. The Balaban J connectivity index is 2.81. The quantitative estimate of drug-likeness (QED) is 0.705. The second kappa shape index (κ2) is 6.00. The van der Waals surface area contributed by atoms with Crippen LogP contribution in [0.5, 0.6) is 0 Å². The molecule has 0 heterocycles. The largest absolute Gasteiger partial charge is 0.398 e. The molecular weight excluding hydrogens is 245 g/mol. The molecule has 0 aliphatic carbocycles. The highest BCUT2D eigenvalue weighted by Crippen LogP contribution is 2.27. The van der Waals surface area contributed by atoms with Crippen molar-refractivity contribution < 1.29 is 19.4 Å². The first-order valence-corrected chi connectivity index (χ1v) is 5.95. The lowest BCUT2D eigenvalue weighted by Gasteiger charge is -2.19. The Morgan fingerprint density at radius 1 is 1.53 bits per heavy atom. The Kier molecular flexibility index (Phi) is 4.92. The number of nitrogen functional groups attached to an aromatic ring is 1. The third-order valence-electron chi connectivity index (χ3n) is 2.20. The van der Waals surface area contributed by atoms with Crippen LogP contribution in [-0.4, -0.2) is 27.2 Å². The lowest BCUT2D eigenvalue weighted by atomic mass is 10.0. The molecule has 2 atom stereocenters. The van der Waals surface area contributed by atoms with Crippen molar-refractivity contribution in [2.24, 2.45) is 0 Å². The normalized spacial score (nSPS) is 14.4. The van der Waals surface area contributed by atoms with Gasteiger partial charge in [0, 0.05) is 23.9 Å². The SMILES string of the molecule is CC(=O)SCC(O)C(O)c1c(N)cccc1F. The summed E-state index contributed by atoms with van der Waals surface area (Å²) in [6.07, 6.45) is -2.69. The number of halogens is 1. The number of anilines is 1. The highest BCUT2D eigenvalue weighted by atomic mass is 32.2. The van der Waals surface area contributed by atoms with Gasteiger partial charge in [-0.2, -0.15) is 0 Å². The minimum Gasteiger partial charge on any atom is -0.398 e. The summed E-state index contributed by atoms with van der Waals surface area (Å²) < 4.78 is 13.4. The van der Waals surface area contributed by atoms with Crippen molar-refractivity contribution in [2.75, 3.05) is 11.5 Å². The second-order valence-corrected chi connectivity index (χ2v) is 4.75. The molecule has 0 aliphatic heterocycles. The van der Waals surface area contributed by atoms with E-state index in [1.165, 1.54) is 19.1 Å². The standard InChI is InChI=1S/C11H14FNO3S/c1-6(14)17-5-9(15)11(16)10-7(12)3-2-4-8(10)13/h2-4,9,11,15-16H,5,13H2,1H3. The molecular formula is C11H14FNO3S. The van der Waals surface area contributed by atoms with Crippen molar-refractivity contribution in [3.63, 3.8) is 0 Å². The number of nitrogens with two attached hydrogens (primary N) is 1. The Hall–Kier alpha value is -1.11. The lowest BCUT2D eigenvalue weighted by Crippen LogP contribution is -2.23. The number of hydrogen-bond donors (Lipinski definition) is 3. The molecule has 0 fully saturated rings. The zero-order valence-corrected chi connectivity index (χ0v) is 10.1. The van der Waals surface area contributed by atoms with E-state index in [2.05, 4.69) is 0 Å². The molecule has 6 heteroatoms. The van der Waals surface area contributed by atoms with Gasteiger partial charge < -0.3 is 15.9 Å². The van der Waals surface area contributed by atoms with Crippen molar-refractivity contribution in [3.05, 3.63) is 29.6 Å². The van der Waals surface area contributed by atoms with Crippen molar-refractivity contribution in [1.29, 1.82) is 0 Å². The molecule has 0 saturated carbocycles. The van der Waals surface area contributed by atoms with Crippen LogP contribution in [0.3, 0.4) is 0 Å². The number of aliphatic hydroxyl groups excluding tert-OH is 2. The summed E-state index contributed by atoms with van der Waals surface area (Å²) in [7, 11) is 0. The molecule has 0 bridgehead atoms. The van der Waals surface area contributed by atoms with E-state index in [0.717, 1.165) is 17.8 Å². The molecule has 0 aromatic heterocycles. The van der Waals surface area contributed by atoms with E-state index < -0.39 is 18.0 Å². The van der Waals surface area contributed by atoms with E-state index in [0.29, 0.717) is 0 Å². The maximum Gasteiger partial charge on any atom is 0.185 e. The number of aliphatic hydroxyl groups is 2. The zero-order valence-electron chi connectivity index (χ0n) is 9.26. The van der Waals surface area contributed by atoms with Crippen LogP contribution in [0.4, 0.5) is 10.1 Å². The fourth-order valence-corrected chi connectivity index (χ4v) is 1.94. The minimum atomic E-state index is -1.44. The zero-order chi connectivity index (χ0) is 13.0. The highest BCUT2D eigenvalue weighted by molar-refractivity contribution is 8.13. The molecule has 2 unspecified atom stereocenters. The molecule has 0 saturated heterocycles. The van der Waals surface area contributed by atoms with Gasteiger partial charge in [0.25, 0.3) is 0 Å². The second-order valence-electron chi connectivity index (χ2n) is 3.56. The Morgan fingerprint density at radius 2 is 2.18 bits per heavy atom. The Labute approximate surface area is 103 Å². The first kappa shape index (κ1) is 14.0. The highest BCUT2D eigenvalue weighted by Gasteiger charge is 2.24. The summed E-state index contributed by atoms with van der Waals surface area (Å²) in [4.78, 5) is 10.7. The van der Waals surface area contributed by atoms with E-state index in [9.17, 15) is 19.4 Å². The molecule has 1 aromatic rings. The Bertz CT molecular complexity index is 393. The number of thioether (sulfide) groups is 1. The van der Waals surface area contributed by atoms with Gasteiger partial charge in [-0.05, 0) is 12.1 Å². The predicted octanol–water partition coefficient (Wildman–Crippen LogP) is 1.08. The van der Waals surface area contributed by atoms with Gasteiger partial charge in [0.15, 0.2) is 5.12 Å². The van der Waals surface area contributed by atoms with Gasteiger partial charge in [-0.15, -0.1) is 0 Å². The average Bonchev–Trinajstić information content (AvgIpc) is 2.25. The first-order chi connectivity index (χ1) is 7.93. The van der Waals surface area contributed by atoms with E-state index in [1.807, 2.05) is 0 Å². The molecule has 0 amide bonds. The van der Waals surface area contributed by atoms with Crippen LogP contribution < -0.4 is 5.73 Å². The first-order valence-electron chi connectivity index (χ1n) is 4.97. The van der Waals surface area contributed by atoms with Crippen molar-refractivity contribution >= 4 is 22.6 Å². The van der Waals surface area contributed by atoms with Crippen LogP contribution in [0, 0.1) is 5.82 Å². The molecule has 0 spiro atoms. The summed E-state index contributed by atoms with van der Waals surface area (Å²) in [6, 6.07) is 4.00. The van der Waals surface area contributed by atoms with E-state index in [-0.39, 0.29) is 22.1 Å². The van der Waals surface area contributed by atoms with Crippen molar-refractivity contribution in [2.45, 2.75) is 19.1 Å². The predicted molar refractivity (Wildman–Crippen MR) is 64.9 cm³/mol. The number of hydrogen-bond acceptors (Lipinski definition) is 5. The van der Waals surface area contributed by atoms with Gasteiger partial charge >= 0.3 is 0 Å². The fraction of sp³-hybridized carbons (Fsp3) is 0.364. The van der Waals surface area contributed by atoms with Crippen molar-refractivity contribution in [3.8, 4) is 0 Å². The summed E-state index contributed by atoms with van der Waals surface area (Å²) in [5, 5.41) is 19.2. The monoisotopic (exact) mass is 259 g/mol. The van der Waals surface area contributed by atoms with Gasteiger partial charge in [0.05, 0.1) is 6.10 Å². The van der Waals surface area contributed by atoms with E-state index >= 15 is 0 Å². The van der Waals surface area contributed by atoms with Crippen LogP contribution in [0.15, 0.2) is 18.2 Å². The van der Waals surface area contributed by atoms with Crippen LogP contribution in [0.25, 0.3) is 0 Å². The Morgan fingerprint density at radius 3 is 2.71 bits per heavy atom. The van der Waals surface area contributed by atoms with Crippen molar-refractivity contribution in [1.82, 2.24) is 0 Å². The number of carbonyl (C=O) groups is 1. The molecule has 4 nitrogen and oxygen atoms in total. The van der Waals surface area contributed by atoms with Crippen LogP contribution in [-0.2, 0) is 4.79 Å². The molecule has 0 aliphatic rings. The maximum atomic E-state index is 13.4. The van der Waals surface area contributed by atoms with Gasteiger partial charge in [0.2, 0.25) is 0 Å². The van der Waals surface area contributed by atoms with Gasteiger partial charge in [-0.3, -0.25) is 4.79 Å². The third-order valence-corrected chi connectivity index (χ3v) is 3.12. The molecule has 0 radical (unpaired) electrons. The molecule has 1 aromatic carbocycles. The molecule has 17 heavy (non-hydrogen) atoms. The molecule has 94 valence electrons. The van der Waals surface area contributed by atoms with Gasteiger partial charge in [0.1, 0.15) is 11.9 Å². The van der Waals surface area contributed by atoms with Crippen LogP contribution in [0.1, 0.15) is 18.6 Å². The summed E-state index contributed by atoms with van der Waals surface area (Å²) in [5.41, 5.74) is 5.47. The number of benzene rings is 1. The fourth-order valence-electron chi connectivity index (χ4n) is 1.35. The van der Waals surface area contributed by atoms with Gasteiger partial charge in [-0.25, -0.2) is 4.39 Å². The van der Waals surface area contributed by atoms with E-state index in [4.69, 9.17) is 5.73 Å². The molecule has 4 N–H and O–H groups in total. The van der Waals surface area contributed by atoms with Crippen LogP contribution >= 0.6 is 11.8 Å². The lowest BCUT2D eigenvalue weighted by molar-refractivity contribution is -0.109. The minimum absolute atomic E-state index is 0.00965. The average molecular weight is 259 g/mol. The smallest absolute Gasteiger partial charge is 0.185 e. The maximum absolute atomic E-state index is 13.4. The molecule has 1 rings (SSSR count). The van der Waals surface area contributed by atoms with E-state index in [1.54, 1.807) is 0 Å². The summed E-state index contributed by atoms with van der Waals surface area (Å²) in [5.74, 6) is -0.686. The topological polar surface area (TPSA) is 83.5 Å². The number of carbonyl (C=O) groups excluding carboxylic acids is 1. The summed E-state index contributed by atoms with van der Waals surface area (Å²) >= 11 is 0.862. The van der Waals surface area contributed by atoms with Crippen LogP contribution in [0.2, 0.25) is 0 Å². The third kappa shape index (κ3) is 3.69.